The van der Waals surface area contributed by atoms with E-state index in [2.05, 4.69) is 56.2 Å². The number of H-pyrrole nitrogens is 1. The number of piperazine rings is 1. The molecule has 1 fully saturated rings. The average Bonchev–Trinajstić information content (AvgIpc) is 2.74. The number of ether oxygens (including phenoxy) is 1. The molecule has 0 unspecified atom stereocenters. The third-order valence-electron chi connectivity index (χ3n) is 4.99. The smallest absolute Gasteiger partial charge is 0.279 e. The molecule has 3 aromatic rings. The van der Waals surface area contributed by atoms with Gasteiger partial charge in [0.15, 0.2) is 5.69 Å². The first-order valence-electron chi connectivity index (χ1n) is 9.32. The molecule has 0 atom stereocenters. The number of aromatic amines is 1. The van der Waals surface area contributed by atoms with Crippen molar-refractivity contribution in [3.05, 3.63) is 64.4 Å². The zero-order chi connectivity index (χ0) is 19.5. The number of aromatic nitrogens is 3. The maximum atomic E-state index is 12.5. The highest BCUT2D eigenvalue weighted by atomic mass is 16.5. The van der Waals surface area contributed by atoms with Gasteiger partial charge in [0.1, 0.15) is 5.75 Å². The number of benzene rings is 2. The predicted octanol–water partition coefficient (Wildman–Crippen LogP) is 2.48. The minimum atomic E-state index is -0.240. The van der Waals surface area contributed by atoms with Crippen molar-refractivity contribution in [1.29, 1.82) is 0 Å². The summed E-state index contributed by atoms with van der Waals surface area (Å²) in [7, 11) is 1.61. The van der Waals surface area contributed by atoms with Crippen molar-refractivity contribution in [3.8, 4) is 17.0 Å². The highest BCUT2D eigenvalue weighted by molar-refractivity contribution is 5.59. The van der Waals surface area contributed by atoms with Gasteiger partial charge >= 0.3 is 0 Å². The van der Waals surface area contributed by atoms with Gasteiger partial charge in [-0.2, -0.15) is 0 Å². The lowest BCUT2D eigenvalue weighted by Gasteiger charge is -2.36. The van der Waals surface area contributed by atoms with Gasteiger partial charge in [-0.15, -0.1) is 10.2 Å². The van der Waals surface area contributed by atoms with E-state index < -0.39 is 0 Å². The molecule has 0 amide bonds. The van der Waals surface area contributed by atoms with Gasteiger partial charge in [-0.3, -0.25) is 9.78 Å². The molecule has 144 valence electrons. The summed E-state index contributed by atoms with van der Waals surface area (Å²) in [6.45, 7) is 5.39. The van der Waals surface area contributed by atoms with E-state index in [4.69, 9.17) is 4.74 Å². The molecule has 2 aromatic carbocycles. The molecule has 7 heteroatoms. The van der Waals surface area contributed by atoms with Gasteiger partial charge in [0.25, 0.3) is 5.56 Å². The Labute approximate surface area is 163 Å². The van der Waals surface area contributed by atoms with Crippen LogP contribution in [0.5, 0.6) is 5.75 Å². The summed E-state index contributed by atoms with van der Waals surface area (Å²) in [5.74, 6) is 1.25. The van der Waals surface area contributed by atoms with Crippen molar-refractivity contribution in [2.45, 2.75) is 6.92 Å². The minimum Gasteiger partial charge on any atom is -0.497 e. The number of rotatable bonds is 4. The third kappa shape index (κ3) is 3.69. The van der Waals surface area contributed by atoms with Gasteiger partial charge in [-0.25, -0.2) is 0 Å². The van der Waals surface area contributed by atoms with Crippen LogP contribution in [-0.4, -0.2) is 48.5 Å². The fourth-order valence-electron chi connectivity index (χ4n) is 3.41. The van der Waals surface area contributed by atoms with Gasteiger partial charge in [0, 0.05) is 37.4 Å². The van der Waals surface area contributed by atoms with E-state index in [0.29, 0.717) is 17.2 Å². The Morgan fingerprint density at radius 3 is 2.32 bits per heavy atom. The Kier molecular flexibility index (Phi) is 4.97. The minimum absolute atomic E-state index is 0.240. The first kappa shape index (κ1) is 18.0. The molecule has 1 aromatic heterocycles. The standard InChI is InChI=1S/C21H23N5O2/c1-15-4-3-5-17(14-15)25-10-12-26(13-11-25)21-22-20(27)19(23-24-21)16-6-8-18(28-2)9-7-16/h3-9,14H,10-13H2,1-2H3,(H,22,24,27). The Balaban J connectivity index is 1.47. The third-order valence-corrected chi connectivity index (χ3v) is 4.99. The molecule has 1 aliphatic rings. The summed E-state index contributed by atoms with van der Waals surface area (Å²) in [4.78, 5) is 19.8. The van der Waals surface area contributed by atoms with Gasteiger partial charge in [0.05, 0.1) is 7.11 Å². The van der Waals surface area contributed by atoms with Crippen LogP contribution in [0.3, 0.4) is 0 Å². The molecule has 1 N–H and O–H groups in total. The van der Waals surface area contributed by atoms with Crippen LogP contribution >= 0.6 is 0 Å². The fraction of sp³-hybridized carbons (Fsp3) is 0.286. The summed E-state index contributed by atoms with van der Waals surface area (Å²) in [5.41, 5.74) is 3.27. The monoisotopic (exact) mass is 377 g/mol. The molecular weight excluding hydrogens is 354 g/mol. The summed E-state index contributed by atoms with van der Waals surface area (Å²) in [6, 6.07) is 15.7. The van der Waals surface area contributed by atoms with Gasteiger partial charge in [-0.1, -0.05) is 12.1 Å². The molecular formula is C21H23N5O2. The molecule has 2 heterocycles. The zero-order valence-corrected chi connectivity index (χ0v) is 16.1. The first-order chi connectivity index (χ1) is 13.6. The lowest BCUT2D eigenvalue weighted by molar-refractivity contribution is 0.415. The van der Waals surface area contributed by atoms with E-state index in [1.165, 1.54) is 11.3 Å². The highest BCUT2D eigenvalue weighted by Crippen LogP contribution is 2.20. The first-order valence-corrected chi connectivity index (χ1v) is 9.32. The number of nitrogens with zero attached hydrogens (tertiary/aromatic N) is 4. The van der Waals surface area contributed by atoms with E-state index >= 15 is 0 Å². The van der Waals surface area contributed by atoms with Crippen LogP contribution in [0.4, 0.5) is 11.6 Å². The molecule has 7 nitrogen and oxygen atoms in total. The summed E-state index contributed by atoms with van der Waals surface area (Å²) in [6.07, 6.45) is 0. The lowest BCUT2D eigenvalue weighted by Crippen LogP contribution is -2.47. The second kappa shape index (κ2) is 7.72. The van der Waals surface area contributed by atoms with Crippen molar-refractivity contribution in [2.24, 2.45) is 0 Å². The second-order valence-corrected chi connectivity index (χ2v) is 6.87. The molecule has 1 saturated heterocycles. The number of methoxy groups -OCH3 is 1. The molecule has 0 aliphatic carbocycles. The molecule has 0 radical (unpaired) electrons. The van der Waals surface area contributed by atoms with Crippen LogP contribution in [0.15, 0.2) is 53.3 Å². The molecule has 4 rings (SSSR count). The number of hydrogen-bond donors (Lipinski definition) is 1. The van der Waals surface area contributed by atoms with Crippen LogP contribution in [0.2, 0.25) is 0 Å². The lowest BCUT2D eigenvalue weighted by atomic mass is 10.1. The van der Waals surface area contributed by atoms with E-state index in [1.54, 1.807) is 31.4 Å². The largest absolute Gasteiger partial charge is 0.497 e. The van der Waals surface area contributed by atoms with Crippen molar-refractivity contribution in [3.63, 3.8) is 0 Å². The Bertz CT molecular complexity index is 1010. The maximum absolute atomic E-state index is 12.5. The summed E-state index contributed by atoms with van der Waals surface area (Å²) < 4.78 is 5.15. The average molecular weight is 377 g/mol. The number of nitrogens with one attached hydrogen (secondary N) is 1. The van der Waals surface area contributed by atoms with Gasteiger partial charge < -0.3 is 14.5 Å². The second-order valence-electron chi connectivity index (χ2n) is 6.87. The molecule has 28 heavy (non-hydrogen) atoms. The van der Waals surface area contributed by atoms with E-state index in [-0.39, 0.29) is 5.56 Å². The number of anilines is 2. The van der Waals surface area contributed by atoms with Crippen LogP contribution < -0.4 is 20.1 Å². The van der Waals surface area contributed by atoms with Crippen LogP contribution in [0.1, 0.15) is 5.56 Å². The van der Waals surface area contributed by atoms with Gasteiger partial charge in [-0.05, 0) is 48.9 Å². The predicted molar refractivity (Wildman–Crippen MR) is 110 cm³/mol. The van der Waals surface area contributed by atoms with Crippen LogP contribution in [0, 0.1) is 6.92 Å². The van der Waals surface area contributed by atoms with Crippen molar-refractivity contribution in [2.75, 3.05) is 43.1 Å². The van der Waals surface area contributed by atoms with Crippen LogP contribution in [-0.2, 0) is 0 Å². The Morgan fingerprint density at radius 1 is 0.964 bits per heavy atom. The normalized spacial score (nSPS) is 14.2. The number of aryl methyl sites for hydroxylation is 1. The molecule has 0 spiro atoms. The van der Waals surface area contributed by atoms with Crippen molar-refractivity contribution in [1.82, 2.24) is 15.2 Å². The summed E-state index contributed by atoms with van der Waals surface area (Å²) in [5, 5.41) is 8.44. The van der Waals surface area contributed by atoms with E-state index in [1.807, 2.05) is 0 Å². The highest BCUT2D eigenvalue weighted by Gasteiger charge is 2.20. The zero-order valence-electron chi connectivity index (χ0n) is 16.1. The summed E-state index contributed by atoms with van der Waals surface area (Å²) >= 11 is 0. The van der Waals surface area contributed by atoms with E-state index in [9.17, 15) is 4.79 Å². The topological polar surface area (TPSA) is 74.4 Å². The SMILES string of the molecule is COc1ccc(-c2nnc(N3CCN(c4cccc(C)c4)CC3)[nH]c2=O)cc1. The van der Waals surface area contributed by atoms with Crippen molar-refractivity contribution >= 4 is 11.6 Å². The maximum Gasteiger partial charge on any atom is 0.279 e. The quantitative estimate of drug-likeness (QED) is 0.753. The fourth-order valence-corrected chi connectivity index (χ4v) is 3.41. The van der Waals surface area contributed by atoms with Crippen LogP contribution in [0.25, 0.3) is 11.3 Å². The molecule has 0 saturated carbocycles. The molecule has 0 bridgehead atoms. The van der Waals surface area contributed by atoms with Crippen molar-refractivity contribution < 1.29 is 4.74 Å². The van der Waals surface area contributed by atoms with E-state index in [0.717, 1.165) is 31.9 Å². The number of hydrogen-bond acceptors (Lipinski definition) is 6. The Hall–Kier alpha value is -3.35. The van der Waals surface area contributed by atoms with Gasteiger partial charge in [0.2, 0.25) is 5.95 Å². The molecule has 1 aliphatic heterocycles. The Morgan fingerprint density at radius 2 is 1.68 bits per heavy atom.